The molecule has 0 atom stereocenters. The highest BCUT2D eigenvalue weighted by molar-refractivity contribution is 7.97. The number of hydrogen-bond acceptors (Lipinski definition) is 0. The summed E-state index contributed by atoms with van der Waals surface area (Å²) < 4.78 is 0. The lowest BCUT2D eigenvalue weighted by atomic mass is 10.4. The second kappa shape index (κ2) is 7.89. The van der Waals surface area contributed by atoms with Gasteiger partial charge in [-0.15, -0.1) is 0 Å². The normalized spacial score (nSPS) is 23.8. The van der Waals surface area contributed by atoms with Gasteiger partial charge in [-0.05, 0) is 33.6 Å². The first-order valence-electron chi connectivity index (χ1n) is 8.30. The minimum absolute atomic E-state index is 0.0351. The molecule has 0 amide bonds. The van der Waals surface area contributed by atoms with Gasteiger partial charge in [0.25, 0.3) is 0 Å². The van der Waals surface area contributed by atoms with Crippen LogP contribution in [-0.4, -0.2) is 17.7 Å². The van der Waals surface area contributed by atoms with E-state index in [4.69, 9.17) is 0 Å². The van der Waals surface area contributed by atoms with Crippen LogP contribution in [0.1, 0.15) is 0 Å². The van der Waals surface area contributed by atoms with E-state index in [1.165, 1.54) is 17.7 Å². The molecular formula is C21H21P3. The molecule has 1 heterocycles. The predicted molar refractivity (Wildman–Crippen MR) is 114 cm³/mol. The molecular weight excluding hydrogens is 345 g/mol. The van der Waals surface area contributed by atoms with E-state index >= 15 is 0 Å². The number of rotatable bonds is 3. The first-order chi connectivity index (χ1) is 11.9. The van der Waals surface area contributed by atoms with Crippen molar-refractivity contribution in [3.63, 3.8) is 0 Å². The first-order valence-corrected chi connectivity index (χ1v) is 13.4. The van der Waals surface area contributed by atoms with Crippen LogP contribution in [0.25, 0.3) is 0 Å². The molecule has 0 spiro atoms. The van der Waals surface area contributed by atoms with E-state index in [9.17, 15) is 0 Å². The third kappa shape index (κ3) is 3.78. The topological polar surface area (TPSA) is 0 Å². The summed E-state index contributed by atoms with van der Waals surface area (Å²) in [7, 11) is -0.105. The van der Waals surface area contributed by atoms with E-state index in [2.05, 4.69) is 91.0 Å². The van der Waals surface area contributed by atoms with Crippen LogP contribution in [0.3, 0.4) is 0 Å². The zero-order chi connectivity index (χ0) is 16.2. The summed E-state index contributed by atoms with van der Waals surface area (Å²) >= 11 is 0. The molecule has 0 unspecified atom stereocenters. The minimum Gasteiger partial charge on any atom is -0.0659 e. The maximum Gasteiger partial charge on any atom is -0.00333 e. The Hall–Kier alpha value is -1.05. The van der Waals surface area contributed by atoms with Gasteiger partial charge in [-0.3, -0.25) is 0 Å². The predicted octanol–water partition coefficient (Wildman–Crippen LogP) is 5.29. The van der Waals surface area contributed by atoms with Gasteiger partial charge < -0.3 is 0 Å². The smallest absolute Gasteiger partial charge is 0.00333 e. The Kier molecular flexibility index (Phi) is 5.40. The van der Waals surface area contributed by atoms with Gasteiger partial charge in [-0.25, -0.2) is 0 Å². The average molecular weight is 366 g/mol. The molecule has 24 heavy (non-hydrogen) atoms. The number of hydrogen-bond donors (Lipinski definition) is 0. The third-order valence-corrected chi connectivity index (χ3v) is 15.7. The van der Waals surface area contributed by atoms with Crippen LogP contribution >= 0.6 is 23.8 Å². The van der Waals surface area contributed by atoms with Crippen molar-refractivity contribution >= 4 is 39.7 Å². The van der Waals surface area contributed by atoms with Crippen LogP contribution in [0.4, 0.5) is 0 Å². The lowest BCUT2D eigenvalue weighted by molar-refractivity contribution is 1.71. The van der Waals surface area contributed by atoms with Crippen molar-refractivity contribution in [3.8, 4) is 0 Å². The van der Waals surface area contributed by atoms with E-state index in [1.54, 1.807) is 15.9 Å². The molecule has 4 rings (SSSR count). The molecule has 3 aromatic rings. The zero-order valence-electron chi connectivity index (χ0n) is 13.6. The fourth-order valence-corrected chi connectivity index (χ4v) is 17.3. The van der Waals surface area contributed by atoms with Crippen molar-refractivity contribution in [3.05, 3.63) is 91.0 Å². The lowest BCUT2D eigenvalue weighted by Gasteiger charge is -2.36. The third-order valence-electron chi connectivity index (χ3n) is 4.39. The van der Waals surface area contributed by atoms with Crippen LogP contribution in [0, 0.1) is 0 Å². The molecule has 0 radical (unpaired) electrons. The minimum atomic E-state index is -0.0351. The summed E-state index contributed by atoms with van der Waals surface area (Å²) in [5, 5.41) is 4.79. The highest BCUT2D eigenvalue weighted by atomic mass is 31.2. The lowest BCUT2D eigenvalue weighted by Crippen LogP contribution is -2.19. The van der Waals surface area contributed by atoms with Crippen LogP contribution in [0.15, 0.2) is 91.0 Å². The molecule has 1 fully saturated rings. The monoisotopic (exact) mass is 366 g/mol. The summed E-state index contributed by atoms with van der Waals surface area (Å²) in [5.41, 5.74) is 0. The summed E-state index contributed by atoms with van der Waals surface area (Å²) in [5.74, 6) is 4.22. The van der Waals surface area contributed by atoms with Crippen molar-refractivity contribution in [2.45, 2.75) is 0 Å². The maximum atomic E-state index is 2.36. The van der Waals surface area contributed by atoms with E-state index in [0.717, 1.165) is 0 Å². The Morgan fingerprint density at radius 1 is 0.375 bits per heavy atom. The van der Waals surface area contributed by atoms with Crippen LogP contribution in [0.2, 0.25) is 0 Å². The van der Waals surface area contributed by atoms with Crippen molar-refractivity contribution in [1.82, 2.24) is 0 Å². The van der Waals surface area contributed by atoms with Crippen LogP contribution in [-0.2, 0) is 0 Å². The Balaban J connectivity index is 1.66. The Morgan fingerprint density at radius 3 is 0.875 bits per heavy atom. The van der Waals surface area contributed by atoms with Crippen molar-refractivity contribution < 1.29 is 0 Å². The van der Waals surface area contributed by atoms with Gasteiger partial charge in [-0.1, -0.05) is 115 Å². The fraction of sp³-hybridized carbons (Fsp3) is 0.143. The van der Waals surface area contributed by atoms with E-state index < -0.39 is 0 Å². The second-order valence-electron chi connectivity index (χ2n) is 6.05. The van der Waals surface area contributed by atoms with Crippen molar-refractivity contribution in [1.29, 1.82) is 0 Å². The molecule has 3 heteroatoms. The molecule has 1 aliphatic rings. The zero-order valence-corrected chi connectivity index (χ0v) is 16.3. The standard InChI is InChI=1S/C21H21P3/c1-4-10-19(11-5-1)22-16-23(20-12-6-2-7-13-20)18-24(17-22)21-14-8-3-9-15-21/h1-15H,16-18H2. The van der Waals surface area contributed by atoms with Crippen molar-refractivity contribution in [2.24, 2.45) is 0 Å². The summed E-state index contributed by atoms with van der Waals surface area (Å²) in [6, 6.07) is 33.8. The molecule has 120 valence electrons. The summed E-state index contributed by atoms with van der Waals surface area (Å²) in [6.45, 7) is 0. The van der Waals surface area contributed by atoms with Crippen molar-refractivity contribution in [2.75, 3.05) is 17.7 Å². The quantitative estimate of drug-likeness (QED) is 0.552. The van der Waals surface area contributed by atoms with Crippen LogP contribution in [0.5, 0.6) is 0 Å². The average Bonchev–Trinajstić information content (AvgIpc) is 2.70. The molecule has 1 aliphatic heterocycles. The molecule has 0 saturated carbocycles. The fourth-order valence-electron chi connectivity index (χ4n) is 3.16. The van der Waals surface area contributed by atoms with Gasteiger partial charge in [-0.2, -0.15) is 0 Å². The second-order valence-corrected chi connectivity index (χ2v) is 14.2. The molecule has 3 aromatic carbocycles. The molecule has 0 bridgehead atoms. The first kappa shape index (κ1) is 16.4. The largest absolute Gasteiger partial charge is 0.0659 e. The van der Waals surface area contributed by atoms with Gasteiger partial charge >= 0.3 is 0 Å². The maximum absolute atomic E-state index is 2.36. The Morgan fingerprint density at radius 2 is 0.625 bits per heavy atom. The SMILES string of the molecule is c1ccc(P2CP(c3ccccc3)CP(c3ccccc3)C2)cc1. The summed E-state index contributed by atoms with van der Waals surface area (Å²) in [4.78, 5) is 0. The molecule has 0 N–H and O–H groups in total. The van der Waals surface area contributed by atoms with E-state index in [0.29, 0.717) is 0 Å². The molecule has 0 nitrogen and oxygen atoms in total. The molecule has 1 saturated heterocycles. The van der Waals surface area contributed by atoms with Gasteiger partial charge in [0, 0.05) is 0 Å². The Labute approximate surface area is 148 Å². The van der Waals surface area contributed by atoms with Gasteiger partial charge in [0.2, 0.25) is 0 Å². The van der Waals surface area contributed by atoms with Gasteiger partial charge in [0.1, 0.15) is 0 Å². The van der Waals surface area contributed by atoms with E-state index in [-0.39, 0.29) is 23.8 Å². The molecule has 0 aromatic heterocycles. The highest BCUT2D eigenvalue weighted by Crippen LogP contribution is 2.66. The number of benzene rings is 3. The highest BCUT2D eigenvalue weighted by Gasteiger charge is 2.30. The van der Waals surface area contributed by atoms with Gasteiger partial charge in [0.15, 0.2) is 0 Å². The Bertz CT molecular complexity index is 645. The van der Waals surface area contributed by atoms with E-state index in [1.807, 2.05) is 0 Å². The van der Waals surface area contributed by atoms with Gasteiger partial charge in [0.05, 0.1) is 0 Å². The van der Waals surface area contributed by atoms with Crippen LogP contribution < -0.4 is 15.9 Å². The molecule has 0 aliphatic carbocycles. The summed E-state index contributed by atoms with van der Waals surface area (Å²) in [6.07, 6.45) is 0.